The lowest BCUT2D eigenvalue weighted by molar-refractivity contribution is -0.116. The quantitative estimate of drug-likeness (QED) is 0.0870. The highest BCUT2D eigenvalue weighted by Gasteiger charge is 2.24. The molecule has 0 radical (unpaired) electrons. The fourth-order valence-corrected chi connectivity index (χ4v) is 6.85. The van der Waals surface area contributed by atoms with E-state index in [1.165, 1.54) is 41.3 Å². The molecule has 3 N–H and O–H groups in total. The summed E-state index contributed by atoms with van der Waals surface area (Å²) in [6, 6.07) is 36.4. The molecule has 1 heterocycles. The zero-order valence-electron chi connectivity index (χ0n) is 26.8. The molecule has 0 aliphatic rings. The van der Waals surface area contributed by atoms with E-state index in [1.54, 1.807) is 66.7 Å². The van der Waals surface area contributed by atoms with E-state index >= 15 is 0 Å². The summed E-state index contributed by atoms with van der Waals surface area (Å²) in [5.41, 5.74) is 2.37. The Labute approximate surface area is 296 Å². The minimum Gasteiger partial charge on any atom is -0.494 e. The second kappa shape index (κ2) is 16.1. The second-order valence-electron chi connectivity index (χ2n) is 10.9. The predicted octanol–water partition coefficient (Wildman–Crippen LogP) is 8.72. The van der Waals surface area contributed by atoms with Crippen LogP contribution in [0.15, 0.2) is 138 Å². The van der Waals surface area contributed by atoms with Crippen molar-refractivity contribution in [2.24, 2.45) is 0 Å². The fourth-order valence-electron chi connectivity index (χ4n) is 4.93. The maximum atomic E-state index is 14.5. The van der Waals surface area contributed by atoms with Gasteiger partial charge in [-0.1, -0.05) is 78.1 Å². The van der Waals surface area contributed by atoms with E-state index in [2.05, 4.69) is 20.9 Å². The van der Waals surface area contributed by atoms with Crippen molar-refractivity contribution in [1.82, 2.24) is 10.3 Å². The first-order valence-electron chi connectivity index (χ1n) is 15.7. The van der Waals surface area contributed by atoms with Gasteiger partial charge in [0.15, 0.2) is 5.13 Å². The molecule has 0 aliphatic heterocycles. The lowest BCUT2D eigenvalue weighted by Crippen LogP contribution is -2.30. The highest BCUT2D eigenvalue weighted by molar-refractivity contribution is 8.00. The van der Waals surface area contributed by atoms with Crippen molar-refractivity contribution in [2.75, 3.05) is 17.2 Å². The summed E-state index contributed by atoms with van der Waals surface area (Å²) in [4.78, 5) is 45.4. The van der Waals surface area contributed by atoms with E-state index < -0.39 is 22.9 Å². The first-order chi connectivity index (χ1) is 24.4. The number of hydrogen-bond acceptors (Lipinski definition) is 7. The fraction of sp³-hybridized carbons (Fsp3) is 0.0769. The molecule has 0 fully saturated rings. The molecule has 1 atom stereocenters. The van der Waals surface area contributed by atoms with Gasteiger partial charge in [0.05, 0.1) is 16.8 Å². The molecule has 11 heteroatoms. The van der Waals surface area contributed by atoms with Crippen LogP contribution in [0.25, 0.3) is 16.3 Å². The molecule has 250 valence electrons. The van der Waals surface area contributed by atoms with Gasteiger partial charge in [-0.3, -0.25) is 14.4 Å². The number of carbonyl (C=O) groups is 3. The number of fused-ring (bicyclic) bond motifs is 1. The number of nitrogens with zero attached hydrogens (tertiary/aromatic N) is 1. The summed E-state index contributed by atoms with van der Waals surface area (Å²) >= 11 is 2.72. The average molecular weight is 703 g/mol. The Morgan fingerprint density at radius 3 is 2.28 bits per heavy atom. The number of thiazole rings is 1. The molecule has 5 aromatic carbocycles. The van der Waals surface area contributed by atoms with Gasteiger partial charge in [-0.05, 0) is 79.2 Å². The monoisotopic (exact) mass is 702 g/mol. The molecule has 0 saturated heterocycles. The Kier molecular flexibility index (Phi) is 11.0. The number of carbonyl (C=O) groups excluding carboxylic acids is 3. The van der Waals surface area contributed by atoms with Crippen molar-refractivity contribution in [3.63, 3.8) is 0 Å². The van der Waals surface area contributed by atoms with Crippen molar-refractivity contribution in [3.8, 4) is 5.75 Å². The van der Waals surface area contributed by atoms with Crippen LogP contribution in [0.5, 0.6) is 5.75 Å². The number of thioether (sulfide) groups is 1. The van der Waals surface area contributed by atoms with Crippen molar-refractivity contribution in [2.45, 2.75) is 17.1 Å². The van der Waals surface area contributed by atoms with E-state index in [9.17, 15) is 18.8 Å². The van der Waals surface area contributed by atoms with Crippen molar-refractivity contribution in [3.05, 3.63) is 156 Å². The summed E-state index contributed by atoms with van der Waals surface area (Å²) in [6.45, 7) is 2.48. The van der Waals surface area contributed by atoms with Gasteiger partial charge >= 0.3 is 0 Å². The Bertz CT molecular complexity index is 2160. The molecule has 8 nitrogen and oxygen atoms in total. The molecule has 0 bridgehead atoms. The number of aromatic nitrogens is 1. The van der Waals surface area contributed by atoms with Crippen LogP contribution in [0.4, 0.5) is 15.2 Å². The average Bonchev–Trinajstić information content (AvgIpc) is 3.54. The molecule has 3 amide bonds. The number of amides is 3. The maximum Gasteiger partial charge on any atom is 0.272 e. The molecule has 6 rings (SSSR count). The maximum absolute atomic E-state index is 14.5. The van der Waals surface area contributed by atoms with Crippen LogP contribution < -0.4 is 20.7 Å². The standard InChI is InChI=1S/C39H31FN4O4S2/c1-2-48-29-19-22-32-34(24-29)50-39(43-32)44-38(47)35(25-11-5-3-6-12-25)49-30-20-17-28(18-21-30)41-37(46)33(23-27-15-9-10-16-31(27)40)42-36(45)26-13-7-4-8-14-26/h3-24,35H,2H2,1H3,(H,41,46)(H,42,45)(H,43,44,47)/b33-23-. The number of benzene rings is 5. The smallest absolute Gasteiger partial charge is 0.272 e. The molecule has 0 aliphatic carbocycles. The Balaban J connectivity index is 1.18. The first kappa shape index (κ1) is 34.1. The number of halogens is 1. The van der Waals surface area contributed by atoms with Gasteiger partial charge in [-0.2, -0.15) is 0 Å². The number of anilines is 2. The molecule has 50 heavy (non-hydrogen) atoms. The first-order valence-corrected chi connectivity index (χ1v) is 17.4. The van der Waals surface area contributed by atoms with Gasteiger partial charge in [0.1, 0.15) is 22.5 Å². The number of rotatable bonds is 12. The molecule has 0 spiro atoms. The zero-order chi connectivity index (χ0) is 34.9. The lowest BCUT2D eigenvalue weighted by atomic mass is 10.1. The number of hydrogen-bond donors (Lipinski definition) is 3. The van der Waals surface area contributed by atoms with Gasteiger partial charge in [-0.15, -0.1) is 11.8 Å². The highest BCUT2D eigenvalue weighted by atomic mass is 32.2. The van der Waals surface area contributed by atoms with E-state index in [0.717, 1.165) is 26.4 Å². The van der Waals surface area contributed by atoms with Crippen molar-refractivity contribution < 1.29 is 23.5 Å². The minimum atomic E-state index is -0.635. The zero-order valence-corrected chi connectivity index (χ0v) is 28.4. The molecule has 6 aromatic rings. The Morgan fingerprint density at radius 2 is 1.56 bits per heavy atom. The van der Waals surface area contributed by atoms with Gasteiger partial charge in [0.25, 0.3) is 11.8 Å². The third-order valence-electron chi connectivity index (χ3n) is 7.34. The third kappa shape index (κ3) is 8.62. The summed E-state index contributed by atoms with van der Waals surface area (Å²) in [6.07, 6.45) is 1.29. The number of nitrogens with one attached hydrogen (secondary N) is 3. The topological polar surface area (TPSA) is 109 Å². The van der Waals surface area contributed by atoms with Crippen LogP contribution in [0.1, 0.15) is 33.7 Å². The van der Waals surface area contributed by atoms with Crippen molar-refractivity contribution >= 4 is 67.9 Å². The summed E-state index contributed by atoms with van der Waals surface area (Å²) < 4.78 is 21.0. The molecule has 1 aromatic heterocycles. The van der Waals surface area contributed by atoms with Gasteiger partial charge in [0, 0.05) is 21.7 Å². The van der Waals surface area contributed by atoms with E-state index in [4.69, 9.17) is 4.74 Å². The molecule has 0 saturated carbocycles. The Hall–Kier alpha value is -5.78. The SMILES string of the molecule is CCOc1ccc2nc(NC(=O)C(Sc3ccc(NC(=O)/C(=C/c4ccccc4F)NC(=O)c4ccccc4)cc3)c3ccccc3)sc2c1. The molecule has 1 unspecified atom stereocenters. The van der Waals surface area contributed by atoms with Crippen LogP contribution in [-0.4, -0.2) is 29.3 Å². The van der Waals surface area contributed by atoms with E-state index in [0.29, 0.717) is 23.0 Å². The second-order valence-corrected chi connectivity index (χ2v) is 13.1. The van der Waals surface area contributed by atoms with Gasteiger partial charge in [-0.25, -0.2) is 9.37 Å². The van der Waals surface area contributed by atoms with Crippen LogP contribution in [0, 0.1) is 5.82 Å². The molecular formula is C39H31FN4O4S2. The normalized spacial score (nSPS) is 11.8. The van der Waals surface area contributed by atoms with Crippen LogP contribution >= 0.6 is 23.1 Å². The predicted molar refractivity (Wildman–Crippen MR) is 198 cm³/mol. The van der Waals surface area contributed by atoms with Crippen LogP contribution in [0.2, 0.25) is 0 Å². The third-order valence-corrected chi connectivity index (χ3v) is 9.54. The highest BCUT2D eigenvalue weighted by Crippen LogP contribution is 2.38. The van der Waals surface area contributed by atoms with Crippen LogP contribution in [0.3, 0.4) is 0 Å². The van der Waals surface area contributed by atoms with E-state index in [-0.39, 0.29) is 17.2 Å². The number of ether oxygens (including phenoxy) is 1. The van der Waals surface area contributed by atoms with Gasteiger partial charge < -0.3 is 20.7 Å². The summed E-state index contributed by atoms with van der Waals surface area (Å²) in [5.74, 6) is -1.18. The lowest BCUT2D eigenvalue weighted by Gasteiger charge is -2.17. The van der Waals surface area contributed by atoms with E-state index in [1.807, 2.05) is 55.5 Å². The minimum absolute atomic E-state index is 0.132. The van der Waals surface area contributed by atoms with Crippen LogP contribution in [-0.2, 0) is 9.59 Å². The summed E-state index contributed by atoms with van der Waals surface area (Å²) in [7, 11) is 0. The van der Waals surface area contributed by atoms with Gasteiger partial charge in [0.2, 0.25) is 5.91 Å². The molecular weight excluding hydrogens is 672 g/mol. The summed E-state index contributed by atoms with van der Waals surface area (Å²) in [5, 5.41) is 8.26. The largest absolute Gasteiger partial charge is 0.494 e. The van der Waals surface area contributed by atoms with Crippen molar-refractivity contribution in [1.29, 1.82) is 0 Å². The Morgan fingerprint density at radius 1 is 0.860 bits per heavy atom.